The van der Waals surface area contributed by atoms with E-state index in [1.54, 1.807) is 12.1 Å². The van der Waals surface area contributed by atoms with Crippen LogP contribution < -0.4 is 10.1 Å². The Kier molecular flexibility index (Phi) is 4.37. The summed E-state index contributed by atoms with van der Waals surface area (Å²) in [4.78, 5) is 10.5. The average Bonchev–Trinajstić information content (AvgIpc) is 3.18. The van der Waals surface area contributed by atoms with Crippen LogP contribution in [0, 0.1) is 16.0 Å². The van der Waals surface area contributed by atoms with Crippen LogP contribution in [0.25, 0.3) is 0 Å². The van der Waals surface area contributed by atoms with Gasteiger partial charge >= 0.3 is 0 Å². The number of ether oxygens (including phenoxy) is 1. The molecule has 19 heavy (non-hydrogen) atoms. The Hall–Kier alpha value is -1.62. The normalized spacial score (nSPS) is 14.7. The van der Waals surface area contributed by atoms with Gasteiger partial charge in [0.15, 0.2) is 0 Å². The van der Waals surface area contributed by atoms with Gasteiger partial charge in [0.2, 0.25) is 0 Å². The molecule has 1 aromatic carbocycles. The molecule has 5 heteroatoms. The Morgan fingerprint density at radius 3 is 2.79 bits per heavy atom. The molecule has 0 heterocycles. The molecule has 5 nitrogen and oxygen atoms in total. The van der Waals surface area contributed by atoms with Gasteiger partial charge in [-0.3, -0.25) is 10.1 Å². The first kappa shape index (κ1) is 13.8. The van der Waals surface area contributed by atoms with Crippen molar-refractivity contribution in [1.82, 2.24) is 5.32 Å². The van der Waals surface area contributed by atoms with Gasteiger partial charge < -0.3 is 10.1 Å². The molecule has 1 fully saturated rings. The molecule has 0 radical (unpaired) electrons. The number of hydrogen-bond donors (Lipinski definition) is 1. The van der Waals surface area contributed by atoms with Crippen LogP contribution >= 0.6 is 0 Å². The average molecular weight is 264 g/mol. The summed E-state index contributed by atoms with van der Waals surface area (Å²) >= 11 is 0. The third-order valence-electron chi connectivity index (χ3n) is 3.13. The van der Waals surface area contributed by atoms with Crippen LogP contribution in [0.4, 0.5) is 5.69 Å². The molecule has 0 amide bonds. The molecule has 1 aromatic rings. The van der Waals surface area contributed by atoms with E-state index in [2.05, 4.69) is 5.32 Å². The van der Waals surface area contributed by atoms with E-state index in [4.69, 9.17) is 4.74 Å². The Morgan fingerprint density at radius 2 is 2.21 bits per heavy atom. The van der Waals surface area contributed by atoms with Gasteiger partial charge in [-0.2, -0.15) is 0 Å². The highest BCUT2D eigenvalue weighted by molar-refractivity contribution is 5.43. The number of nitro benzene ring substituents is 1. The van der Waals surface area contributed by atoms with Gasteiger partial charge in [-0.1, -0.05) is 13.8 Å². The number of nitrogens with one attached hydrogen (secondary N) is 1. The molecule has 0 spiro atoms. The molecule has 0 bridgehead atoms. The molecule has 0 aromatic heterocycles. The zero-order valence-corrected chi connectivity index (χ0v) is 11.4. The molecule has 104 valence electrons. The minimum atomic E-state index is -0.371. The van der Waals surface area contributed by atoms with Crippen LogP contribution in [-0.4, -0.2) is 17.6 Å². The summed E-state index contributed by atoms with van der Waals surface area (Å²) in [5, 5.41) is 14.1. The van der Waals surface area contributed by atoms with E-state index in [-0.39, 0.29) is 10.6 Å². The lowest BCUT2D eigenvalue weighted by atomic mass is 10.1. The number of rotatable bonds is 7. The lowest BCUT2D eigenvalue weighted by Gasteiger charge is -2.13. The third-order valence-corrected chi connectivity index (χ3v) is 3.13. The Labute approximate surface area is 113 Å². The monoisotopic (exact) mass is 264 g/mol. The van der Waals surface area contributed by atoms with Gasteiger partial charge in [0.1, 0.15) is 5.75 Å². The number of hydrogen-bond acceptors (Lipinski definition) is 4. The number of benzene rings is 1. The van der Waals surface area contributed by atoms with E-state index in [9.17, 15) is 10.1 Å². The fourth-order valence-corrected chi connectivity index (χ4v) is 1.76. The first-order valence-electron chi connectivity index (χ1n) is 6.69. The molecule has 1 aliphatic carbocycles. The zero-order chi connectivity index (χ0) is 13.8. The van der Waals surface area contributed by atoms with Crippen molar-refractivity contribution in [2.24, 2.45) is 5.92 Å². The highest BCUT2D eigenvalue weighted by Crippen LogP contribution is 2.31. The van der Waals surface area contributed by atoms with Crippen LogP contribution in [0.15, 0.2) is 18.2 Å². The molecule has 0 atom stereocenters. The van der Waals surface area contributed by atoms with E-state index in [0.29, 0.717) is 25.1 Å². The molecule has 2 rings (SSSR count). The maximum absolute atomic E-state index is 10.8. The second kappa shape index (κ2) is 6.02. The van der Waals surface area contributed by atoms with Crippen molar-refractivity contribution in [3.05, 3.63) is 33.9 Å². The highest BCUT2D eigenvalue weighted by Gasteiger charge is 2.22. The highest BCUT2D eigenvalue weighted by atomic mass is 16.6. The van der Waals surface area contributed by atoms with Crippen molar-refractivity contribution in [2.45, 2.75) is 39.3 Å². The van der Waals surface area contributed by atoms with Crippen molar-refractivity contribution in [3.8, 4) is 5.75 Å². The second-order valence-electron chi connectivity index (χ2n) is 5.34. The minimum absolute atomic E-state index is 0.110. The molecule has 0 saturated heterocycles. The van der Waals surface area contributed by atoms with E-state index in [1.165, 1.54) is 18.9 Å². The SMILES string of the molecule is CC(C)NCc1cc([N+](=O)[O-])ccc1OCC1CC1. The van der Waals surface area contributed by atoms with Crippen LogP contribution in [0.2, 0.25) is 0 Å². The summed E-state index contributed by atoms with van der Waals surface area (Å²) in [5.74, 6) is 1.42. The van der Waals surface area contributed by atoms with Gasteiger partial charge in [0, 0.05) is 30.3 Å². The van der Waals surface area contributed by atoms with Gasteiger partial charge in [0.05, 0.1) is 11.5 Å². The van der Waals surface area contributed by atoms with Crippen molar-refractivity contribution >= 4 is 5.69 Å². The molecule has 1 N–H and O–H groups in total. The molecule has 1 aliphatic rings. The predicted molar refractivity (Wildman–Crippen MR) is 73.3 cm³/mol. The lowest BCUT2D eigenvalue weighted by molar-refractivity contribution is -0.384. The summed E-state index contributed by atoms with van der Waals surface area (Å²) in [6, 6.07) is 5.13. The maximum atomic E-state index is 10.8. The predicted octanol–water partition coefficient (Wildman–Crippen LogP) is 2.88. The van der Waals surface area contributed by atoms with Crippen LogP contribution in [0.5, 0.6) is 5.75 Å². The maximum Gasteiger partial charge on any atom is 0.270 e. The van der Waals surface area contributed by atoms with Crippen LogP contribution in [0.3, 0.4) is 0 Å². The Bertz CT molecular complexity index is 456. The molecular weight excluding hydrogens is 244 g/mol. The van der Waals surface area contributed by atoms with Crippen molar-refractivity contribution < 1.29 is 9.66 Å². The Morgan fingerprint density at radius 1 is 1.47 bits per heavy atom. The lowest BCUT2D eigenvalue weighted by Crippen LogP contribution is -2.22. The summed E-state index contributed by atoms with van der Waals surface area (Å²) in [6.07, 6.45) is 2.46. The summed E-state index contributed by atoms with van der Waals surface area (Å²) < 4.78 is 5.77. The standard InChI is InChI=1S/C14H20N2O3/c1-10(2)15-8-12-7-13(16(17)18)5-6-14(12)19-9-11-3-4-11/h5-7,10-11,15H,3-4,8-9H2,1-2H3. The molecule has 0 aliphatic heterocycles. The smallest absolute Gasteiger partial charge is 0.270 e. The quantitative estimate of drug-likeness (QED) is 0.607. The first-order valence-corrected chi connectivity index (χ1v) is 6.69. The van der Waals surface area contributed by atoms with Gasteiger partial charge in [-0.25, -0.2) is 0 Å². The molecule has 1 saturated carbocycles. The van der Waals surface area contributed by atoms with Crippen LogP contribution in [0.1, 0.15) is 32.3 Å². The number of nitrogens with zero attached hydrogens (tertiary/aromatic N) is 1. The summed E-state index contributed by atoms with van der Waals surface area (Å²) in [5.41, 5.74) is 0.961. The summed E-state index contributed by atoms with van der Waals surface area (Å²) in [7, 11) is 0. The van der Waals surface area contributed by atoms with E-state index in [1.807, 2.05) is 13.8 Å². The second-order valence-corrected chi connectivity index (χ2v) is 5.34. The van der Waals surface area contributed by atoms with Gasteiger partial charge in [-0.15, -0.1) is 0 Å². The van der Waals surface area contributed by atoms with Gasteiger partial charge in [0.25, 0.3) is 5.69 Å². The minimum Gasteiger partial charge on any atom is -0.493 e. The molecule has 0 unspecified atom stereocenters. The van der Waals surface area contributed by atoms with Crippen molar-refractivity contribution in [3.63, 3.8) is 0 Å². The summed E-state index contributed by atoms with van der Waals surface area (Å²) in [6.45, 7) is 5.38. The Balaban J connectivity index is 2.10. The fraction of sp³-hybridized carbons (Fsp3) is 0.571. The van der Waals surface area contributed by atoms with E-state index < -0.39 is 0 Å². The van der Waals surface area contributed by atoms with Crippen molar-refractivity contribution in [2.75, 3.05) is 6.61 Å². The first-order chi connectivity index (χ1) is 9.06. The fourth-order valence-electron chi connectivity index (χ4n) is 1.76. The van der Waals surface area contributed by atoms with E-state index >= 15 is 0 Å². The van der Waals surface area contributed by atoms with Crippen LogP contribution in [-0.2, 0) is 6.54 Å². The molecular formula is C14H20N2O3. The largest absolute Gasteiger partial charge is 0.493 e. The third kappa shape index (κ3) is 4.21. The number of non-ortho nitro benzene ring substituents is 1. The topological polar surface area (TPSA) is 64.4 Å². The van der Waals surface area contributed by atoms with E-state index in [0.717, 1.165) is 11.3 Å². The van der Waals surface area contributed by atoms with Crippen molar-refractivity contribution in [1.29, 1.82) is 0 Å². The van der Waals surface area contributed by atoms with Gasteiger partial charge in [-0.05, 0) is 24.8 Å². The number of nitro groups is 1. The zero-order valence-electron chi connectivity index (χ0n) is 11.4.